The van der Waals surface area contributed by atoms with Crippen LogP contribution in [-0.4, -0.2) is 37.5 Å². The topological polar surface area (TPSA) is 91.8 Å². The monoisotopic (exact) mass is 398 g/mol. The van der Waals surface area contributed by atoms with Crippen LogP contribution in [0, 0.1) is 0 Å². The molecular weight excluding hydrogens is 368 g/mol. The van der Waals surface area contributed by atoms with E-state index in [0.29, 0.717) is 11.7 Å². The number of aryl methyl sites for hydroxylation is 2. The summed E-state index contributed by atoms with van der Waals surface area (Å²) in [5.74, 6) is 3.24. The van der Waals surface area contributed by atoms with Gasteiger partial charge in [-0.15, -0.1) is 20.4 Å². The molecule has 0 aliphatic rings. The van der Waals surface area contributed by atoms with Crippen LogP contribution in [0.25, 0.3) is 11.4 Å². The van der Waals surface area contributed by atoms with Crippen LogP contribution in [0.15, 0.2) is 22.6 Å². The Morgan fingerprint density at radius 3 is 2.45 bits per heavy atom. The summed E-state index contributed by atoms with van der Waals surface area (Å²) in [7, 11) is 1.70. The normalized spacial score (nSPS) is 11.6. The number of benzene rings is 1. The Kier molecular flexibility index (Phi) is 6.95. The number of unbranched alkanes of at least 4 members (excludes halogenated alkanes) is 2. The lowest BCUT2D eigenvalue weighted by molar-refractivity contribution is 0.408. The number of nitrogens with zero attached hydrogens (tertiary/aromatic N) is 6. The number of methoxy groups -OCH3 is 1. The average Bonchev–Trinajstić information content (AvgIpc) is 3.37. The molecule has 8 nitrogen and oxygen atoms in total. The van der Waals surface area contributed by atoms with E-state index in [1.807, 2.05) is 26.0 Å². The summed E-state index contributed by atoms with van der Waals surface area (Å²) >= 11 is 0. The van der Waals surface area contributed by atoms with Crippen molar-refractivity contribution in [3.63, 3.8) is 0 Å². The molecule has 1 aromatic carbocycles. The smallest absolute Gasteiger partial charge is 0.219 e. The van der Waals surface area contributed by atoms with Crippen LogP contribution in [0.1, 0.15) is 76.3 Å². The maximum atomic E-state index is 5.67. The number of hydrogen-bond donors (Lipinski definition) is 0. The third kappa shape index (κ3) is 5.40. The van der Waals surface area contributed by atoms with Crippen molar-refractivity contribution in [2.24, 2.45) is 0 Å². The number of tetrazole rings is 1. The molecule has 156 valence electrons. The van der Waals surface area contributed by atoms with Gasteiger partial charge in [0.2, 0.25) is 17.6 Å². The van der Waals surface area contributed by atoms with E-state index in [4.69, 9.17) is 9.15 Å². The third-order valence-corrected chi connectivity index (χ3v) is 4.74. The van der Waals surface area contributed by atoms with Gasteiger partial charge in [-0.1, -0.05) is 20.3 Å². The van der Waals surface area contributed by atoms with Crippen molar-refractivity contribution >= 4 is 0 Å². The summed E-state index contributed by atoms with van der Waals surface area (Å²) in [6.07, 6.45) is 4.90. The Labute approximate surface area is 171 Å². The molecule has 3 aromatic rings. The summed E-state index contributed by atoms with van der Waals surface area (Å²) < 4.78 is 11.2. The Morgan fingerprint density at radius 2 is 1.79 bits per heavy atom. The SMILES string of the molecule is COc1ccc(-c2nnn(C(C)C)n2)cc1CCCCCc1nnc(C(C)C)o1. The highest BCUT2D eigenvalue weighted by Gasteiger charge is 2.12. The van der Waals surface area contributed by atoms with E-state index in [1.165, 1.54) is 0 Å². The highest BCUT2D eigenvalue weighted by molar-refractivity contribution is 5.58. The van der Waals surface area contributed by atoms with E-state index in [9.17, 15) is 0 Å². The fraction of sp³-hybridized carbons (Fsp3) is 0.571. The zero-order chi connectivity index (χ0) is 20.8. The van der Waals surface area contributed by atoms with Gasteiger partial charge >= 0.3 is 0 Å². The summed E-state index contributed by atoms with van der Waals surface area (Å²) in [6, 6.07) is 6.25. The highest BCUT2D eigenvalue weighted by atomic mass is 16.5. The predicted molar refractivity (Wildman–Crippen MR) is 110 cm³/mol. The molecule has 0 bridgehead atoms. The number of ether oxygens (including phenoxy) is 1. The van der Waals surface area contributed by atoms with Gasteiger partial charge in [0, 0.05) is 17.9 Å². The van der Waals surface area contributed by atoms with Crippen LogP contribution < -0.4 is 4.74 Å². The maximum absolute atomic E-state index is 5.67. The van der Waals surface area contributed by atoms with Crippen LogP contribution in [0.5, 0.6) is 5.75 Å². The van der Waals surface area contributed by atoms with Crippen molar-refractivity contribution in [2.75, 3.05) is 7.11 Å². The van der Waals surface area contributed by atoms with Crippen molar-refractivity contribution in [1.29, 1.82) is 0 Å². The molecule has 0 saturated heterocycles. The lowest BCUT2D eigenvalue weighted by Gasteiger charge is -2.09. The molecule has 29 heavy (non-hydrogen) atoms. The van der Waals surface area contributed by atoms with E-state index in [1.54, 1.807) is 11.9 Å². The van der Waals surface area contributed by atoms with Gasteiger partial charge < -0.3 is 9.15 Å². The molecule has 0 amide bonds. The van der Waals surface area contributed by atoms with E-state index < -0.39 is 0 Å². The quantitative estimate of drug-likeness (QED) is 0.468. The van der Waals surface area contributed by atoms with Crippen molar-refractivity contribution in [2.45, 2.75) is 71.8 Å². The first-order chi connectivity index (χ1) is 14.0. The second-order valence-corrected chi connectivity index (χ2v) is 7.80. The molecule has 3 rings (SSSR count). The van der Waals surface area contributed by atoms with Crippen LogP contribution in [-0.2, 0) is 12.8 Å². The third-order valence-electron chi connectivity index (χ3n) is 4.74. The molecule has 0 unspecified atom stereocenters. The van der Waals surface area contributed by atoms with E-state index in [0.717, 1.165) is 54.9 Å². The van der Waals surface area contributed by atoms with E-state index in [2.05, 4.69) is 45.5 Å². The zero-order valence-electron chi connectivity index (χ0n) is 17.9. The van der Waals surface area contributed by atoms with Gasteiger partial charge in [0.1, 0.15) is 5.75 Å². The second kappa shape index (κ2) is 9.62. The number of aromatic nitrogens is 6. The minimum Gasteiger partial charge on any atom is -0.496 e. The Hall–Kier alpha value is -2.77. The van der Waals surface area contributed by atoms with Crippen LogP contribution in [0.4, 0.5) is 0 Å². The molecule has 0 spiro atoms. The Balaban J connectivity index is 1.56. The molecule has 2 aromatic heterocycles. The lowest BCUT2D eigenvalue weighted by atomic mass is 10.0. The van der Waals surface area contributed by atoms with Crippen LogP contribution in [0.3, 0.4) is 0 Å². The standard InChI is InChI=1S/C21H30N6O2/c1-14(2)21-24-22-19(29-21)10-8-6-7-9-16-13-17(11-12-18(16)28-5)20-23-26-27(25-20)15(3)4/h11-15H,6-10H2,1-5H3. The molecule has 8 heteroatoms. The first-order valence-corrected chi connectivity index (χ1v) is 10.3. The van der Waals surface area contributed by atoms with Gasteiger partial charge in [-0.05, 0) is 62.1 Å². The predicted octanol–water partition coefficient (Wildman–Crippen LogP) is 4.39. The molecule has 2 heterocycles. The number of hydrogen-bond acceptors (Lipinski definition) is 7. The van der Waals surface area contributed by atoms with Crippen LogP contribution in [0.2, 0.25) is 0 Å². The van der Waals surface area contributed by atoms with Gasteiger partial charge in [0.05, 0.1) is 13.2 Å². The zero-order valence-corrected chi connectivity index (χ0v) is 17.9. The first-order valence-electron chi connectivity index (χ1n) is 10.3. The van der Waals surface area contributed by atoms with Crippen molar-refractivity contribution in [1.82, 2.24) is 30.4 Å². The highest BCUT2D eigenvalue weighted by Crippen LogP contribution is 2.26. The fourth-order valence-corrected chi connectivity index (χ4v) is 3.04. The van der Waals surface area contributed by atoms with Crippen molar-refractivity contribution in [3.05, 3.63) is 35.5 Å². The van der Waals surface area contributed by atoms with Gasteiger partial charge in [0.25, 0.3) is 0 Å². The first kappa shape index (κ1) is 21.0. The molecular formula is C21H30N6O2. The minimum absolute atomic E-state index is 0.185. The second-order valence-electron chi connectivity index (χ2n) is 7.80. The fourth-order valence-electron chi connectivity index (χ4n) is 3.04. The van der Waals surface area contributed by atoms with Crippen LogP contribution >= 0.6 is 0 Å². The van der Waals surface area contributed by atoms with Gasteiger partial charge in [-0.3, -0.25) is 0 Å². The summed E-state index contributed by atoms with van der Waals surface area (Å²) in [5.41, 5.74) is 2.12. The molecule has 0 N–H and O–H groups in total. The van der Waals surface area contributed by atoms with Gasteiger partial charge in [-0.25, -0.2) is 0 Å². The van der Waals surface area contributed by atoms with Crippen molar-refractivity contribution in [3.8, 4) is 17.1 Å². The maximum Gasteiger partial charge on any atom is 0.219 e. The summed E-state index contributed by atoms with van der Waals surface area (Å²) in [4.78, 5) is 1.63. The largest absolute Gasteiger partial charge is 0.496 e. The molecule has 0 aliphatic carbocycles. The average molecular weight is 399 g/mol. The summed E-state index contributed by atoms with van der Waals surface area (Å²) in [6.45, 7) is 8.17. The summed E-state index contributed by atoms with van der Waals surface area (Å²) in [5, 5.41) is 21.0. The lowest BCUT2D eigenvalue weighted by Crippen LogP contribution is -2.04. The minimum atomic E-state index is 0.185. The van der Waals surface area contributed by atoms with Gasteiger partial charge in [-0.2, -0.15) is 4.80 Å². The molecule has 0 radical (unpaired) electrons. The molecule has 0 fully saturated rings. The molecule has 0 atom stereocenters. The number of rotatable bonds is 10. The Morgan fingerprint density at radius 1 is 1.00 bits per heavy atom. The molecule has 0 saturated carbocycles. The van der Waals surface area contributed by atoms with E-state index in [-0.39, 0.29) is 12.0 Å². The molecule has 0 aliphatic heterocycles. The Bertz CT molecular complexity index is 916. The van der Waals surface area contributed by atoms with Crippen molar-refractivity contribution < 1.29 is 9.15 Å². The van der Waals surface area contributed by atoms with E-state index >= 15 is 0 Å². The van der Waals surface area contributed by atoms with Gasteiger partial charge in [0.15, 0.2) is 0 Å².